The number of amides is 1. The summed E-state index contributed by atoms with van der Waals surface area (Å²) in [5.41, 5.74) is 1.72. The average molecular weight is 365 g/mol. The second-order valence-corrected chi connectivity index (χ2v) is 6.63. The number of hydrogen-bond donors (Lipinski definition) is 0. The number of methoxy groups -OCH3 is 1. The molecule has 7 heteroatoms. The van der Waals surface area contributed by atoms with Crippen LogP contribution in [0.5, 0.6) is 0 Å². The van der Waals surface area contributed by atoms with Crippen molar-refractivity contribution in [2.75, 3.05) is 20.3 Å². The number of ether oxygens (including phenoxy) is 2. The highest BCUT2D eigenvalue weighted by Gasteiger charge is 2.38. The standard InChI is InChI=1S/C18H21ClN2O4/c1-11-16(18(23)24-2)14(13-6-3-7-20-17(13)19)9-15(22)21(11)10-12-5-4-8-25-12/h3,6-7,12,14H,4-5,8-10H2,1-2H3/t12-,14+/m0/s1. The lowest BCUT2D eigenvalue weighted by Gasteiger charge is -2.35. The summed E-state index contributed by atoms with van der Waals surface area (Å²) in [5.74, 6) is -0.959. The number of carbonyl (C=O) groups excluding carboxylic acids is 2. The van der Waals surface area contributed by atoms with Gasteiger partial charge >= 0.3 is 5.97 Å². The van der Waals surface area contributed by atoms with E-state index < -0.39 is 11.9 Å². The fourth-order valence-electron chi connectivity index (χ4n) is 3.53. The molecule has 2 atom stereocenters. The van der Waals surface area contributed by atoms with Crippen LogP contribution < -0.4 is 0 Å². The van der Waals surface area contributed by atoms with E-state index in [1.54, 1.807) is 30.2 Å². The van der Waals surface area contributed by atoms with Crippen LogP contribution in [0.3, 0.4) is 0 Å². The SMILES string of the molecule is COC(=O)C1=C(C)N(C[C@@H]2CCCO2)C(=O)C[C@@H]1c1cccnc1Cl. The molecule has 0 aromatic carbocycles. The van der Waals surface area contributed by atoms with Crippen molar-refractivity contribution in [2.24, 2.45) is 0 Å². The number of pyridine rings is 1. The Kier molecular flexibility index (Phi) is 5.39. The maximum atomic E-state index is 12.8. The molecule has 1 fully saturated rings. The van der Waals surface area contributed by atoms with Crippen molar-refractivity contribution >= 4 is 23.5 Å². The molecule has 0 aliphatic carbocycles. The number of carbonyl (C=O) groups is 2. The predicted molar refractivity (Wildman–Crippen MR) is 92.0 cm³/mol. The van der Waals surface area contributed by atoms with Gasteiger partial charge in [0.05, 0.1) is 25.3 Å². The van der Waals surface area contributed by atoms with E-state index in [9.17, 15) is 9.59 Å². The molecule has 0 spiro atoms. The van der Waals surface area contributed by atoms with Gasteiger partial charge in [-0.3, -0.25) is 4.79 Å². The molecule has 1 aromatic rings. The highest BCUT2D eigenvalue weighted by molar-refractivity contribution is 6.30. The van der Waals surface area contributed by atoms with E-state index in [1.807, 2.05) is 0 Å². The van der Waals surface area contributed by atoms with Gasteiger partial charge in [-0.05, 0) is 31.4 Å². The van der Waals surface area contributed by atoms with E-state index in [2.05, 4.69) is 4.98 Å². The van der Waals surface area contributed by atoms with Crippen LogP contribution in [-0.4, -0.2) is 48.1 Å². The quantitative estimate of drug-likeness (QED) is 0.607. The molecule has 6 nitrogen and oxygen atoms in total. The molecule has 0 N–H and O–H groups in total. The number of halogens is 1. The third-order valence-corrected chi connectivity index (χ3v) is 5.12. The maximum absolute atomic E-state index is 12.8. The summed E-state index contributed by atoms with van der Waals surface area (Å²) in [6.07, 6.45) is 3.65. The fraction of sp³-hybridized carbons (Fsp3) is 0.500. The Labute approximate surface area is 151 Å². The van der Waals surface area contributed by atoms with Gasteiger partial charge < -0.3 is 14.4 Å². The first kappa shape index (κ1) is 17.9. The van der Waals surface area contributed by atoms with E-state index in [1.165, 1.54) is 7.11 Å². The molecule has 134 valence electrons. The highest BCUT2D eigenvalue weighted by Crippen LogP contribution is 2.39. The summed E-state index contributed by atoms with van der Waals surface area (Å²) in [6, 6.07) is 3.54. The van der Waals surface area contributed by atoms with Gasteiger partial charge in [-0.2, -0.15) is 0 Å². The second kappa shape index (κ2) is 7.54. The molecule has 0 radical (unpaired) electrons. The average Bonchev–Trinajstić information content (AvgIpc) is 3.11. The lowest BCUT2D eigenvalue weighted by atomic mass is 9.84. The molecule has 2 aliphatic rings. The van der Waals surface area contributed by atoms with E-state index in [0.29, 0.717) is 35.1 Å². The first-order valence-corrected chi connectivity index (χ1v) is 8.72. The lowest BCUT2D eigenvalue weighted by Crippen LogP contribution is -2.42. The van der Waals surface area contributed by atoms with E-state index in [0.717, 1.165) is 12.8 Å². The molecule has 1 amide bonds. The minimum absolute atomic E-state index is 0.0105. The molecule has 2 aliphatic heterocycles. The second-order valence-electron chi connectivity index (χ2n) is 6.27. The van der Waals surface area contributed by atoms with Crippen molar-refractivity contribution in [1.29, 1.82) is 0 Å². The van der Waals surface area contributed by atoms with Crippen molar-refractivity contribution in [1.82, 2.24) is 9.88 Å². The number of hydrogen-bond acceptors (Lipinski definition) is 5. The molecule has 0 bridgehead atoms. The zero-order chi connectivity index (χ0) is 18.0. The first-order valence-electron chi connectivity index (χ1n) is 8.34. The van der Waals surface area contributed by atoms with Crippen LogP contribution in [0.1, 0.15) is 37.7 Å². The van der Waals surface area contributed by atoms with Gasteiger partial charge in [0.15, 0.2) is 0 Å². The summed E-state index contributed by atoms with van der Waals surface area (Å²) < 4.78 is 10.6. The Morgan fingerprint density at radius 3 is 2.96 bits per heavy atom. The Balaban J connectivity index is 2.00. The largest absolute Gasteiger partial charge is 0.466 e. The minimum atomic E-state index is -0.457. The summed E-state index contributed by atoms with van der Waals surface area (Å²) >= 11 is 6.21. The van der Waals surface area contributed by atoms with Gasteiger partial charge in [0, 0.05) is 30.8 Å². The van der Waals surface area contributed by atoms with Gasteiger partial charge in [-0.15, -0.1) is 0 Å². The smallest absolute Gasteiger partial charge is 0.336 e. The molecule has 0 unspecified atom stereocenters. The number of esters is 1. The number of nitrogens with zero attached hydrogens (tertiary/aromatic N) is 2. The molecular weight excluding hydrogens is 344 g/mol. The number of rotatable bonds is 4. The van der Waals surface area contributed by atoms with Crippen LogP contribution in [0.4, 0.5) is 0 Å². The lowest BCUT2D eigenvalue weighted by molar-refractivity contribution is -0.138. The Morgan fingerprint density at radius 2 is 2.32 bits per heavy atom. The van der Waals surface area contributed by atoms with Crippen molar-refractivity contribution in [3.63, 3.8) is 0 Å². The maximum Gasteiger partial charge on any atom is 0.336 e. The van der Waals surface area contributed by atoms with E-state index in [4.69, 9.17) is 21.1 Å². The molecule has 3 heterocycles. The summed E-state index contributed by atoms with van der Waals surface area (Å²) in [7, 11) is 1.34. The van der Waals surface area contributed by atoms with Crippen molar-refractivity contribution in [3.8, 4) is 0 Å². The number of aromatic nitrogens is 1. The Hall–Kier alpha value is -1.92. The topological polar surface area (TPSA) is 68.7 Å². The molecule has 25 heavy (non-hydrogen) atoms. The molecule has 1 aromatic heterocycles. The van der Waals surface area contributed by atoms with E-state index >= 15 is 0 Å². The van der Waals surface area contributed by atoms with Crippen molar-refractivity contribution < 1.29 is 19.1 Å². The normalized spacial score (nSPS) is 24.0. The van der Waals surface area contributed by atoms with Crippen LogP contribution in [-0.2, 0) is 19.1 Å². The zero-order valence-corrected chi connectivity index (χ0v) is 15.1. The number of allylic oxidation sites excluding steroid dienone is 1. The Bertz CT molecular complexity index is 713. The van der Waals surface area contributed by atoms with Crippen LogP contribution in [0.15, 0.2) is 29.6 Å². The fourth-order valence-corrected chi connectivity index (χ4v) is 3.78. The van der Waals surface area contributed by atoms with Crippen LogP contribution in [0.25, 0.3) is 0 Å². The molecular formula is C18H21ClN2O4. The monoisotopic (exact) mass is 364 g/mol. The van der Waals surface area contributed by atoms with Gasteiger partial charge in [0.1, 0.15) is 5.15 Å². The van der Waals surface area contributed by atoms with Gasteiger partial charge in [-0.25, -0.2) is 9.78 Å². The molecule has 1 saturated heterocycles. The van der Waals surface area contributed by atoms with Crippen LogP contribution >= 0.6 is 11.6 Å². The van der Waals surface area contributed by atoms with Crippen LogP contribution in [0.2, 0.25) is 5.15 Å². The highest BCUT2D eigenvalue weighted by atomic mass is 35.5. The van der Waals surface area contributed by atoms with E-state index in [-0.39, 0.29) is 18.4 Å². The van der Waals surface area contributed by atoms with Gasteiger partial charge in [0.25, 0.3) is 0 Å². The summed E-state index contributed by atoms with van der Waals surface area (Å²) in [5, 5.41) is 0.294. The third kappa shape index (κ3) is 3.55. The van der Waals surface area contributed by atoms with Gasteiger partial charge in [-0.1, -0.05) is 17.7 Å². The molecule has 3 rings (SSSR count). The predicted octanol–water partition coefficient (Wildman–Crippen LogP) is 2.68. The third-order valence-electron chi connectivity index (χ3n) is 4.80. The minimum Gasteiger partial charge on any atom is -0.466 e. The van der Waals surface area contributed by atoms with Crippen molar-refractivity contribution in [2.45, 2.75) is 38.2 Å². The van der Waals surface area contributed by atoms with Gasteiger partial charge in [0.2, 0.25) is 5.91 Å². The summed E-state index contributed by atoms with van der Waals surface area (Å²) in [4.78, 5) is 30.9. The zero-order valence-electron chi connectivity index (χ0n) is 14.3. The summed E-state index contributed by atoms with van der Waals surface area (Å²) in [6.45, 7) is 2.95. The first-order chi connectivity index (χ1) is 12.0. The van der Waals surface area contributed by atoms with Crippen molar-refractivity contribution in [3.05, 3.63) is 40.3 Å². The Morgan fingerprint density at radius 1 is 1.52 bits per heavy atom. The molecule has 0 saturated carbocycles. The van der Waals surface area contributed by atoms with Crippen LogP contribution in [0, 0.1) is 0 Å².